The summed E-state index contributed by atoms with van der Waals surface area (Å²) in [4.78, 5) is 0. The molecule has 0 aliphatic heterocycles. The normalized spacial score (nSPS) is 11.1. The van der Waals surface area contributed by atoms with Crippen molar-refractivity contribution < 1.29 is 0 Å². The van der Waals surface area contributed by atoms with E-state index >= 15 is 0 Å². The van der Waals surface area contributed by atoms with Gasteiger partial charge in [0.1, 0.15) is 0 Å². The molecule has 74 valence electrons. The van der Waals surface area contributed by atoms with Crippen LogP contribution in [0.25, 0.3) is 0 Å². The molecule has 0 aliphatic rings. The summed E-state index contributed by atoms with van der Waals surface area (Å²) in [5.74, 6) is 0. The molecular formula is C11H20N2. The monoisotopic (exact) mass is 180 g/mol. The molecule has 0 bridgehead atoms. The predicted molar refractivity (Wildman–Crippen MR) is 59.9 cm³/mol. The highest BCUT2D eigenvalue weighted by molar-refractivity contribution is 5.42. The van der Waals surface area contributed by atoms with Gasteiger partial charge in [0, 0.05) is 18.3 Å². The fourth-order valence-electron chi connectivity index (χ4n) is 0.835. The summed E-state index contributed by atoms with van der Waals surface area (Å²) in [5, 5.41) is 3.22. The lowest BCUT2D eigenvalue weighted by Crippen LogP contribution is -2.25. The summed E-state index contributed by atoms with van der Waals surface area (Å²) < 4.78 is 0. The van der Waals surface area contributed by atoms with Gasteiger partial charge in [-0.1, -0.05) is 32.0 Å². The van der Waals surface area contributed by atoms with Gasteiger partial charge in [-0.25, -0.2) is 0 Å². The summed E-state index contributed by atoms with van der Waals surface area (Å²) >= 11 is 0. The molecule has 1 rings (SSSR count). The Balaban J connectivity index is 0.000000671. The second kappa shape index (κ2) is 7.62. The van der Waals surface area contributed by atoms with Crippen LogP contribution in [-0.4, -0.2) is 12.6 Å². The minimum Gasteiger partial charge on any atom is -0.384 e. The van der Waals surface area contributed by atoms with Crippen molar-refractivity contribution in [2.45, 2.75) is 26.8 Å². The van der Waals surface area contributed by atoms with Gasteiger partial charge < -0.3 is 11.1 Å². The number of nitrogens with two attached hydrogens (primary N) is 1. The molecular weight excluding hydrogens is 160 g/mol. The molecule has 3 N–H and O–H groups in total. The largest absolute Gasteiger partial charge is 0.384 e. The molecule has 0 aromatic heterocycles. The summed E-state index contributed by atoms with van der Waals surface area (Å²) in [6.45, 7) is 6.81. The van der Waals surface area contributed by atoms with Gasteiger partial charge in [0.05, 0.1) is 0 Å². The van der Waals surface area contributed by atoms with E-state index in [0.29, 0.717) is 0 Å². The molecule has 0 saturated carbocycles. The zero-order chi connectivity index (χ0) is 10.1. The van der Waals surface area contributed by atoms with Crippen molar-refractivity contribution in [3.05, 3.63) is 30.3 Å². The molecule has 2 heteroatoms. The Morgan fingerprint density at radius 2 is 1.77 bits per heavy atom. The zero-order valence-corrected chi connectivity index (χ0v) is 8.75. The van der Waals surface area contributed by atoms with E-state index in [0.717, 1.165) is 12.2 Å². The SMILES string of the molecule is CC.CC(N)CNc1ccccc1. The standard InChI is InChI=1S/C9H14N2.C2H6/c1-8(10)7-11-9-5-3-2-4-6-9;1-2/h2-6,8,11H,7,10H2,1H3;1-2H3. The lowest BCUT2D eigenvalue weighted by molar-refractivity contribution is 0.780. The third kappa shape index (κ3) is 6.17. The molecule has 0 heterocycles. The maximum Gasteiger partial charge on any atom is 0.0340 e. The minimum atomic E-state index is 0.204. The molecule has 0 amide bonds. The topological polar surface area (TPSA) is 38.0 Å². The summed E-state index contributed by atoms with van der Waals surface area (Å²) in [6, 6.07) is 10.3. The fourth-order valence-corrected chi connectivity index (χ4v) is 0.835. The van der Waals surface area contributed by atoms with Crippen molar-refractivity contribution >= 4 is 5.69 Å². The molecule has 1 aromatic carbocycles. The van der Waals surface area contributed by atoms with Crippen molar-refractivity contribution in [1.29, 1.82) is 0 Å². The van der Waals surface area contributed by atoms with E-state index in [1.807, 2.05) is 51.1 Å². The highest BCUT2D eigenvalue weighted by atomic mass is 14.9. The van der Waals surface area contributed by atoms with Crippen molar-refractivity contribution in [3.8, 4) is 0 Å². The van der Waals surface area contributed by atoms with Crippen molar-refractivity contribution in [2.24, 2.45) is 5.73 Å². The van der Waals surface area contributed by atoms with Gasteiger partial charge in [0.2, 0.25) is 0 Å². The molecule has 2 nitrogen and oxygen atoms in total. The first kappa shape index (κ1) is 12.0. The van der Waals surface area contributed by atoms with E-state index in [2.05, 4.69) is 5.32 Å². The molecule has 0 radical (unpaired) electrons. The maximum absolute atomic E-state index is 5.58. The number of nitrogens with one attached hydrogen (secondary N) is 1. The van der Waals surface area contributed by atoms with Crippen LogP contribution >= 0.6 is 0 Å². The lowest BCUT2D eigenvalue weighted by Gasteiger charge is -2.07. The highest BCUT2D eigenvalue weighted by Gasteiger charge is 1.92. The summed E-state index contributed by atoms with van der Waals surface area (Å²) in [5.41, 5.74) is 6.71. The van der Waals surface area contributed by atoms with E-state index in [1.165, 1.54) is 0 Å². The Morgan fingerprint density at radius 3 is 2.23 bits per heavy atom. The number of rotatable bonds is 3. The second-order valence-electron chi connectivity index (χ2n) is 2.72. The molecule has 0 aliphatic carbocycles. The van der Waals surface area contributed by atoms with Crippen LogP contribution in [0.3, 0.4) is 0 Å². The smallest absolute Gasteiger partial charge is 0.0340 e. The fraction of sp³-hybridized carbons (Fsp3) is 0.455. The average Bonchev–Trinajstić information content (AvgIpc) is 2.19. The maximum atomic E-state index is 5.58. The molecule has 0 spiro atoms. The Labute approximate surface area is 81.2 Å². The third-order valence-electron chi connectivity index (χ3n) is 1.40. The number of hydrogen-bond acceptors (Lipinski definition) is 2. The van der Waals surface area contributed by atoms with Crippen molar-refractivity contribution in [2.75, 3.05) is 11.9 Å². The van der Waals surface area contributed by atoms with Crippen LogP contribution in [0.4, 0.5) is 5.69 Å². The van der Waals surface area contributed by atoms with Gasteiger partial charge in [-0.3, -0.25) is 0 Å². The Bertz CT molecular complexity index is 195. The Kier molecular flexibility index (Phi) is 7.02. The third-order valence-corrected chi connectivity index (χ3v) is 1.40. The summed E-state index contributed by atoms with van der Waals surface area (Å²) in [7, 11) is 0. The van der Waals surface area contributed by atoms with Gasteiger partial charge in [-0.2, -0.15) is 0 Å². The Hall–Kier alpha value is -1.02. The van der Waals surface area contributed by atoms with E-state index in [4.69, 9.17) is 5.73 Å². The van der Waals surface area contributed by atoms with Crippen LogP contribution in [0.1, 0.15) is 20.8 Å². The van der Waals surface area contributed by atoms with Crippen LogP contribution in [0.5, 0.6) is 0 Å². The van der Waals surface area contributed by atoms with Crippen molar-refractivity contribution in [1.82, 2.24) is 0 Å². The van der Waals surface area contributed by atoms with E-state index in [-0.39, 0.29) is 6.04 Å². The number of para-hydroxylation sites is 1. The molecule has 13 heavy (non-hydrogen) atoms. The molecule has 0 saturated heterocycles. The van der Waals surface area contributed by atoms with E-state index < -0.39 is 0 Å². The van der Waals surface area contributed by atoms with Crippen LogP contribution in [0, 0.1) is 0 Å². The average molecular weight is 180 g/mol. The number of benzene rings is 1. The zero-order valence-electron chi connectivity index (χ0n) is 8.75. The van der Waals surface area contributed by atoms with Crippen molar-refractivity contribution in [3.63, 3.8) is 0 Å². The first-order valence-electron chi connectivity index (χ1n) is 4.83. The first-order valence-corrected chi connectivity index (χ1v) is 4.83. The van der Waals surface area contributed by atoms with Crippen LogP contribution in [-0.2, 0) is 0 Å². The van der Waals surface area contributed by atoms with Crippen LogP contribution in [0.2, 0.25) is 0 Å². The molecule has 1 aromatic rings. The second-order valence-corrected chi connectivity index (χ2v) is 2.72. The summed E-state index contributed by atoms with van der Waals surface area (Å²) in [6.07, 6.45) is 0. The molecule has 0 fully saturated rings. The number of anilines is 1. The Morgan fingerprint density at radius 1 is 1.23 bits per heavy atom. The molecule has 1 atom stereocenters. The lowest BCUT2D eigenvalue weighted by atomic mass is 10.3. The van der Waals surface area contributed by atoms with Crippen LogP contribution < -0.4 is 11.1 Å². The molecule has 1 unspecified atom stereocenters. The van der Waals surface area contributed by atoms with Gasteiger partial charge in [0.15, 0.2) is 0 Å². The highest BCUT2D eigenvalue weighted by Crippen LogP contribution is 2.03. The van der Waals surface area contributed by atoms with Gasteiger partial charge in [-0.05, 0) is 19.1 Å². The quantitative estimate of drug-likeness (QED) is 0.750. The minimum absolute atomic E-state index is 0.204. The van der Waals surface area contributed by atoms with Gasteiger partial charge in [0.25, 0.3) is 0 Å². The van der Waals surface area contributed by atoms with Crippen LogP contribution in [0.15, 0.2) is 30.3 Å². The predicted octanol–water partition coefficient (Wildman–Crippen LogP) is 2.47. The first-order chi connectivity index (χ1) is 6.29. The van der Waals surface area contributed by atoms with E-state index in [1.54, 1.807) is 0 Å². The van der Waals surface area contributed by atoms with Gasteiger partial charge in [-0.15, -0.1) is 0 Å². The number of hydrogen-bond donors (Lipinski definition) is 2. The van der Waals surface area contributed by atoms with E-state index in [9.17, 15) is 0 Å². The van der Waals surface area contributed by atoms with Gasteiger partial charge >= 0.3 is 0 Å².